The zero-order valence-corrected chi connectivity index (χ0v) is 20.1. The quantitative estimate of drug-likeness (QED) is 0.482. The highest BCUT2D eigenvalue weighted by Crippen LogP contribution is 2.39. The SMILES string of the molecule is C[C@H]1CC(Cl)=CC(N(C2=CC=C(C(C)(C)C)CC2)c2ccc(C(C)(C)C)cc2)C1. The molecule has 0 heterocycles. The largest absolute Gasteiger partial charge is 0.338 e. The molecule has 2 aliphatic rings. The molecule has 1 unspecified atom stereocenters. The van der Waals surface area contributed by atoms with Crippen molar-refractivity contribution in [3.8, 4) is 0 Å². The molecule has 0 saturated heterocycles. The Labute approximate surface area is 183 Å². The van der Waals surface area contributed by atoms with Crippen LogP contribution in [0.25, 0.3) is 0 Å². The van der Waals surface area contributed by atoms with Gasteiger partial charge in [-0.05, 0) is 72.3 Å². The van der Waals surface area contributed by atoms with E-state index in [9.17, 15) is 0 Å². The lowest BCUT2D eigenvalue weighted by Crippen LogP contribution is -2.37. The number of hydrogen-bond donors (Lipinski definition) is 0. The van der Waals surface area contributed by atoms with Gasteiger partial charge in [-0.3, -0.25) is 0 Å². The third-order valence-corrected chi connectivity index (χ3v) is 6.58. The predicted molar refractivity (Wildman–Crippen MR) is 129 cm³/mol. The van der Waals surface area contributed by atoms with Crippen LogP contribution in [0.2, 0.25) is 0 Å². The fourth-order valence-corrected chi connectivity index (χ4v) is 4.91. The van der Waals surface area contributed by atoms with Gasteiger partial charge >= 0.3 is 0 Å². The van der Waals surface area contributed by atoms with E-state index < -0.39 is 0 Å². The molecule has 1 nitrogen and oxygen atoms in total. The van der Waals surface area contributed by atoms with E-state index in [1.54, 1.807) is 0 Å². The first-order chi connectivity index (χ1) is 13.4. The molecule has 0 amide bonds. The highest BCUT2D eigenvalue weighted by molar-refractivity contribution is 6.29. The fraction of sp³-hybridized carbons (Fsp3) is 0.556. The van der Waals surface area contributed by atoms with Gasteiger partial charge in [-0.1, -0.05) is 83.8 Å². The summed E-state index contributed by atoms with van der Waals surface area (Å²) in [5.74, 6) is 0.610. The Kier molecular flexibility index (Phi) is 6.39. The van der Waals surface area contributed by atoms with Crippen LogP contribution in [-0.4, -0.2) is 6.04 Å². The van der Waals surface area contributed by atoms with E-state index in [4.69, 9.17) is 11.6 Å². The van der Waals surface area contributed by atoms with E-state index in [0.29, 0.717) is 12.0 Å². The first kappa shape index (κ1) is 22.2. The standard InChI is InChI=1S/C27H38ClN/c1-19-16-22(28)18-25(17-19)29(23-12-8-20(9-13-23)26(2,3)4)24-14-10-21(11-15-24)27(5,6)7/h8-10,12-14,18-19,25H,11,15-17H2,1-7H3/t19-,25?/m0/s1. The van der Waals surface area contributed by atoms with Crippen LogP contribution < -0.4 is 4.90 Å². The Morgan fingerprint density at radius 2 is 1.55 bits per heavy atom. The third kappa shape index (κ3) is 5.37. The van der Waals surface area contributed by atoms with Crippen LogP contribution in [0.5, 0.6) is 0 Å². The summed E-state index contributed by atoms with van der Waals surface area (Å²) in [7, 11) is 0. The number of benzene rings is 1. The van der Waals surface area contributed by atoms with Crippen molar-refractivity contribution in [1.82, 2.24) is 0 Å². The summed E-state index contributed by atoms with van der Waals surface area (Å²) in [6.07, 6.45) is 11.3. The maximum Gasteiger partial charge on any atom is 0.0535 e. The summed E-state index contributed by atoms with van der Waals surface area (Å²) in [5, 5.41) is 1.01. The molecule has 0 radical (unpaired) electrons. The lowest BCUT2D eigenvalue weighted by atomic mass is 9.81. The average Bonchev–Trinajstić information content (AvgIpc) is 2.60. The van der Waals surface area contributed by atoms with Crippen molar-refractivity contribution in [1.29, 1.82) is 0 Å². The summed E-state index contributed by atoms with van der Waals surface area (Å²) in [6.45, 7) is 16.1. The Morgan fingerprint density at radius 1 is 0.897 bits per heavy atom. The topological polar surface area (TPSA) is 3.24 Å². The van der Waals surface area contributed by atoms with Crippen LogP contribution in [0.3, 0.4) is 0 Å². The molecule has 0 bridgehead atoms. The van der Waals surface area contributed by atoms with Crippen molar-refractivity contribution in [3.05, 3.63) is 64.4 Å². The first-order valence-corrected chi connectivity index (χ1v) is 11.5. The van der Waals surface area contributed by atoms with Crippen LogP contribution in [0.1, 0.15) is 79.7 Å². The molecule has 0 aliphatic heterocycles. The van der Waals surface area contributed by atoms with Gasteiger partial charge in [0, 0.05) is 16.4 Å². The minimum atomic E-state index is 0.167. The van der Waals surface area contributed by atoms with Crippen molar-refractivity contribution in [3.63, 3.8) is 0 Å². The number of hydrogen-bond acceptors (Lipinski definition) is 1. The number of anilines is 1. The van der Waals surface area contributed by atoms with Gasteiger partial charge in [-0.15, -0.1) is 0 Å². The second-order valence-electron chi connectivity index (χ2n) is 11.0. The van der Waals surface area contributed by atoms with Gasteiger partial charge in [-0.2, -0.15) is 0 Å². The van der Waals surface area contributed by atoms with E-state index in [2.05, 4.69) is 95.9 Å². The summed E-state index contributed by atoms with van der Waals surface area (Å²) in [6, 6.07) is 9.50. The van der Waals surface area contributed by atoms with E-state index in [0.717, 1.165) is 30.7 Å². The molecule has 0 saturated carbocycles. The lowest BCUT2D eigenvalue weighted by Gasteiger charge is -2.39. The molecule has 0 fully saturated rings. The zero-order chi connectivity index (χ0) is 21.4. The normalized spacial score (nSPS) is 23.2. The Bertz CT molecular complexity index is 812. The fourth-order valence-electron chi connectivity index (χ4n) is 4.50. The molecule has 1 aromatic carbocycles. The smallest absolute Gasteiger partial charge is 0.0535 e. The number of allylic oxidation sites excluding steroid dienone is 5. The first-order valence-electron chi connectivity index (χ1n) is 11.1. The highest BCUT2D eigenvalue weighted by Gasteiger charge is 2.29. The van der Waals surface area contributed by atoms with Crippen molar-refractivity contribution >= 4 is 17.3 Å². The monoisotopic (exact) mass is 411 g/mol. The molecule has 1 aromatic rings. The van der Waals surface area contributed by atoms with Crippen molar-refractivity contribution in [2.75, 3.05) is 4.90 Å². The van der Waals surface area contributed by atoms with Crippen LogP contribution in [0.4, 0.5) is 5.69 Å². The molecular weight excluding hydrogens is 374 g/mol. The second-order valence-corrected chi connectivity index (χ2v) is 11.5. The molecule has 2 atom stereocenters. The second kappa shape index (κ2) is 8.34. The summed E-state index contributed by atoms with van der Waals surface area (Å²) >= 11 is 6.55. The van der Waals surface area contributed by atoms with Crippen LogP contribution >= 0.6 is 11.6 Å². The molecular formula is C27H38ClN. The maximum atomic E-state index is 6.55. The number of nitrogens with zero attached hydrogens (tertiary/aromatic N) is 1. The van der Waals surface area contributed by atoms with Crippen molar-refractivity contribution in [2.24, 2.45) is 11.3 Å². The van der Waals surface area contributed by atoms with Crippen LogP contribution in [0, 0.1) is 11.3 Å². The minimum Gasteiger partial charge on any atom is -0.338 e. The Hall–Kier alpha value is -1.47. The van der Waals surface area contributed by atoms with Crippen molar-refractivity contribution in [2.45, 2.75) is 85.6 Å². The van der Waals surface area contributed by atoms with Gasteiger partial charge in [0.05, 0.1) is 6.04 Å². The molecule has 3 rings (SSSR count). The van der Waals surface area contributed by atoms with Gasteiger partial charge in [0.15, 0.2) is 0 Å². The Morgan fingerprint density at radius 3 is 2.03 bits per heavy atom. The van der Waals surface area contributed by atoms with Crippen LogP contribution in [-0.2, 0) is 5.41 Å². The van der Waals surface area contributed by atoms with Crippen LogP contribution in [0.15, 0.2) is 58.8 Å². The number of rotatable bonds is 3. The van der Waals surface area contributed by atoms with E-state index >= 15 is 0 Å². The predicted octanol–water partition coefficient (Wildman–Crippen LogP) is 8.36. The molecule has 0 N–H and O–H groups in total. The van der Waals surface area contributed by atoms with Gasteiger partial charge in [-0.25, -0.2) is 0 Å². The third-order valence-electron chi connectivity index (χ3n) is 6.30. The van der Waals surface area contributed by atoms with Gasteiger partial charge in [0.25, 0.3) is 0 Å². The molecule has 29 heavy (non-hydrogen) atoms. The number of halogens is 1. The molecule has 2 aliphatic carbocycles. The Balaban J connectivity index is 2.00. The van der Waals surface area contributed by atoms with Gasteiger partial charge in [0.1, 0.15) is 0 Å². The van der Waals surface area contributed by atoms with Crippen molar-refractivity contribution < 1.29 is 0 Å². The minimum absolute atomic E-state index is 0.167. The van der Waals surface area contributed by atoms with E-state index in [1.807, 2.05) is 0 Å². The average molecular weight is 412 g/mol. The molecule has 158 valence electrons. The lowest BCUT2D eigenvalue weighted by molar-refractivity contribution is 0.461. The molecule has 0 aromatic heterocycles. The van der Waals surface area contributed by atoms with E-state index in [-0.39, 0.29) is 10.8 Å². The summed E-state index contributed by atoms with van der Waals surface area (Å²) in [4.78, 5) is 2.54. The van der Waals surface area contributed by atoms with Gasteiger partial charge < -0.3 is 4.90 Å². The zero-order valence-electron chi connectivity index (χ0n) is 19.3. The highest BCUT2D eigenvalue weighted by atomic mass is 35.5. The molecule has 0 spiro atoms. The van der Waals surface area contributed by atoms with E-state index in [1.165, 1.54) is 22.5 Å². The molecule has 2 heteroatoms. The van der Waals surface area contributed by atoms with Gasteiger partial charge in [0.2, 0.25) is 0 Å². The summed E-state index contributed by atoms with van der Waals surface area (Å²) in [5.41, 5.74) is 6.00. The summed E-state index contributed by atoms with van der Waals surface area (Å²) < 4.78 is 0. The maximum absolute atomic E-state index is 6.55.